The van der Waals surface area contributed by atoms with Crippen LogP contribution in [0.1, 0.15) is 38.8 Å². The van der Waals surface area contributed by atoms with Crippen molar-refractivity contribution in [2.75, 3.05) is 6.61 Å². The first-order chi connectivity index (χ1) is 10.1. The summed E-state index contributed by atoms with van der Waals surface area (Å²) < 4.78 is 5.33. The van der Waals surface area contributed by atoms with Crippen LogP contribution in [0, 0.1) is 0 Å². The molecule has 0 heterocycles. The fraction of sp³-hybridized carbons (Fsp3) is 0.125. The number of carbonyl (C=O) groups excluding carboxylic acids is 2. The Bertz CT molecular complexity index is 776. The Balaban J connectivity index is 2.36. The molecule has 1 aliphatic carbocycles. The average molecular weight is 284 g/mol. The zero-order valence-corrected chi connectivity index (χ0v) is 11.2. The summed E-state index contributed by atoms with van der Waals surface area (Å²) in [6.07, 6.45) is 0. The Kier molecular flexibility index (Phi) is 2.90. The lowest BCUT2D eigenvalue weighted by Gasteiger charge is -2.21. The number of hydrogen-bond acceptors (Lipinski definition) is 5. The molecule has 106 valence electrons. The second-order valence-electron chi connectivity index (χ2n) is 4.63. The van der Waals surface area contributed by atoms with Gasteiger partial charge in [-0.3, -0.25) is 9.59 Å². The monoisotopic (exact) mass is 284 g/mol. The molecular formula is C16H12O5. The van der Waals surface area contributed by atoms with Gasteiger partial charge < -0.3 is 14.9 Å². The minimum absolute atomic E-state index is 0.00384. The molecule has 2 aromatic rings. The average Bonchev–Trinajstić information content (AvgIpc) is 2.48. The van der Waals surface area contributed by atoms with E-state index in [1.807, 2.05) is 0 Å². The van der Waals surface area contributed by atoms with Gasteiger partial charge in [-0.1, -0.05) is 24.3 Å². The summed E-state index contributed by atoms with van der Waals surface area (Å²) in [7, 11) is 0. The summed E-state index contributed by atoms with van der Waals surface area (Å²) >= 11 is 0. The van der Waals surface area contributed by atoms with Crippen molar-refractivity contribution in [2.45, 2.75) is 6.92 Å². The van der Waals surface area contributed by atoms with Crippen molar-refractivity contribution in [3.05, 3.63) is 52.6 Å². The van der Waals surface area contributed by atoms with E-state index in [-0.39, 0.29) is 34.6 Å². The van der Waals surface area contributed by atoms with Gasteiger partial charge >= 0.3 is 0 Å². The molecule has 0 bridgehead atoms. The lowest BCUT2D eigenvalue weighted by Crippen LogP contribution is -2.22. The topological polar surface area (TPSA) is 83.8 Å². The molecule has 5 nitrogen and oxygen atoms in total. The Labute approximate surface area is 120 Å². The van der Waals surface area contributed by atoms with Crippen molar-refractivity contribution in [2.24, 2.45) is 0 Å². The first kappa shape index (κ1) is 13.2. The highest BCUT2D eigenvalue weighted by atomic mass is 16.5. The molecule has 0 unspecified atom stereocenters. The minimum atomic E-state index is -0.596. The minimum Gasteiger partial charge on any atom is -0.504 e. The molecule has 0 radical (unpaired) electrons. The Morgan fingerprint density at radius 3 is 2.14 bits per heavy atom. The van der Waals surface area contributed by atoms with E-state index in [1.165, 1.54) is 6.07 Å². The fourth-order valence-corrected chi connectivity index (χ4v) is 2.50. The maximum atomic E-state index is 12.6. The molecule has 2 aromatic carbocycles. The van der Waals surface area contributed by atoms with Gasteiger partial charge in [-0.25, -0.2) is 0 Å². The van der Waals surface area contributed by atoms with Crippen molar-refractivity contribution in [3.63, 3.8) is 0 Å². The number of phenolic OH excluding ortho intramolecular Hbond substituents is 2. The van der Waals surface area contributed by atoms with E-state index in [4.69, 9.17) is 4.74 Å². The molecule has 5 heteroatoms. The van der Waals surface area contributed by atoms with Crippen molar-refractivity contribution >= 4 is 11.6 Å². The molecule has 1 aliphatic rings. The van der Waals surface area contributed by atoms with Crippen molar-refractivity contribution < 1.29 is 24.5 Å². The number of phenols is 2. The van der Waals surface area contributed by atoms with E-state index in [0.29, 0.717) is 0 Å². The van der Waals surface area contributed by atoms with E-state index in [2.05, 4.69) is 0 Å². The van der Waals surface area contributed by atoms with E-state index < -0.39 is 23.1 Å². The third kappa shape index (κ3) is 1.78. The number of carbonyl (C=O) groups is 2. The van der Waals surface area contributed by atoms with Gasteiger partial charge in [0.25, 0.3) is 0 Å². The predicted molar refractivity (Wildman–Crippen MR) is 74.2 cm³/mol. The number of benzene rings is 2. The number of fused-ring (bicyclic) bond motifs is 2. The van der Waals surface area contributed by atoms with Crippen molar-refractivity contribution in [3.8, 4) is 17.2 Å². The summed E-state index contributed by atoms with van der Waals surface area (Å²) in [6, 6.07) is 7.52. The van der Waals surface area contributed by atoms with E-state index in [0.717, 1.165) is 6.07 Å². The number of hydrogen-bond donors (Lipinski definition) is 2. The summed E-state index contributed by atoms with van der Waals surface area (Å²) in [6.45, 7) is 1.99. The van der Waals surface area contributed by atoms with Crippen LogP contribution in [0.5, 0.6) is 17.2 Å². The highest BCUT2D eigenvalue weighted by Gasteiger charge is 2.36. The second-order valence-corrected chi connectivity index (χ2v) is 4.63. The van der Waals surface area contributed by atoms with Crippen LogP contribution in [-0.2, 0) is 0 Å². The molecule has 0 saturated heterocycles. The first-order valence-electron chi connectivity index (χ1n) is 6.46. The fourth-order valence-electron chi connectivity index (χ4n) is 2.50. The molecule has 21 heavy (non-hydrogen) atoms. The Hall–Kier alpha value is -2.82. The quantitative estimate of drug-likeness (QED) is 0.705. The van der Waals surface area contributed by atoms with Gasteiger partial charge in [0.05, 0.1) is 17.7 Å². The van der Waals surface area contributed by atoms with E-state index in [9.17, 15) is 19.8 Å². The van der Waals surface area contributed by atoms with Gasteiger partial charge in [-0.2, -0.15) is 0 Å². The van der Waals surface area contributed by atoms with Crippen molar-refractivity contribution in [1.29, 1.82) is 0 Å². The Morgan fingerprint density at radius 2 is 1.57 bits per heavy atom. The van der Waals surface area contributed by atoms with Crippen molar-refractivity contribution in [1.82, 2.24) is 0 Å². The second kappa shape index (κ2) is 4.63. The van der Waals surface area contributed by atoms with Gasteiger partial charge in [0.15, 0.2) is 23.1 Å². The molecule has 0 amide bonds. The molecule has 3 rings (SSSR count). The SMILES string of the molecule is CCOc1cc(O)c(O)c2c1C(=O)c1ccccc1C2=O. The van der Waals surface area contributed by atoms with Gasteiger partial charge in [0, 0.05) is 17.2 Å². The number of ether oxygens (including phenoxy) is 1. The lowest BCUT2D eigenvalue weighted by atomic mass is 9.83. The third-order valence-corrected chi connectivity index (χ3v) is 3.41. The summed E-state index contributed by atoms with van der Waals surface area (Å²) in [5.41, 5.74) is 0.261. The Morgan fingerprint density at radius 1 is 1.00 bits per heavy atom. The zero-order chi connectivity index (χ0) is 15.1. The summed E-state index contributed by atoms with van der Waals surface area (Å²) in [5, 5.41) is 19.7. The molecule has 0 aromatic heterocycles. The van der Waals surface area contributed by atoms with Crippen LogP contribution in [0.3, 0.4) is 0 Å². The maximum absolute atomic E-state index is 12.6. The third-order valence-electron chi connectivity index (χ3n) is 3.41. The number of aromatic hydroxyl groups is 2. The predicted octanol–water partition coefficient (Wildman–Crippen LogP) is 2.27. The zero-order valence-electron chi connectivity index (χ0n) is 11.2. The van der Waals surface area contributed by atoms with Crippen LogP contribution in [0.4, 0.5) is 0 Å². The van der Waals surface area contributed by atoms with Crippen LogP contribution in [0.2, 0.25) is 0 Å². The van der Waals surface area contributed by atoms with Gasteiger partial charge in [0.1, 0.15) is 5.75 Å². The van der Waals surface area contributed by atoms with Gasteiger partial charge in [-0.15, -0.1) is 0 Å². The van der Waals surface area contributed by atoms with Gasteiger partial charge in [0.2, 0.25) is 0 Å². The molecular weight excluding hydrogens is 272 g/mol. The standard InChI is InChI=1S/C16H12O5/c1-2-21-11-7-10(17)16(20)13-12(11)14(18)8-5-3-4-6-9(8)15(13)19/h3-7,17,20H,2H2,1H3. The number of rotatable bonds is 2. The molecule has 0 atom stereocenters. The normalized spacial score (nSPS) is 12.8. The van der Waals surface area contributed by atoms with Crippen LogP contribution < -0.4 is 4.74 Å². The largest absolute Gasteiger partial charge is 0.504 e. The first-order valence-corrected chi connectivity index (χ1v) is 6.46. The molecule has 0 spiro atoms. The highest BCUT2D eigenvalue weighted by molar-refractivity contribution is 6.30. The van der Waals surface area contributed by atoms with Crippen LogP contribution in [-0.4, -0.2) is 28.4 Å². The highest BCUT2D eigenvalue weighted by Crippen LogP contribution is 2.43. The van der Waals surface area contributed by atoms with Gasteiger partial charge in [-0.05, 0) is 6.92 Å². The van der Waals surface area contributed by atoms with Crippen LogP contribution in [0.25, 0.3) is 0 Å². The van der Waals surface area contributed by atoms with Crippen LogP contribution in [0.15, 0.2) is 30.3 Å². The lowest BCUT2D eigenvalue weighted by molar-refractivity contribution is 0.0972. The number of ketones is 2. The smallest absolute Gasteiger partial charge is 0.198 e. The maximum Gasteiger partial charge on any atom is 0.198 e. The molecule has 0 fully saturated rings. The van der Waals surface area contributed by atoms with Crippen LogP contribution >= 0.6 is 0 Å². The molecule has 0 saturated carbocycles. The summed E-state index contributed by atoms with van der Waals surface area (Å²) in [5.74, 6) is -1.90. The molecule has 0 aliphatic heterocycles. The summed E-state index contributed by atoms with van der Waals surface area (Å²) in [4.78, 5) is 25.1. The molecule has 2 N–H and O–H groups in total. The van der Waals surface area contributed by atoms with E-state index in [1.54, 1.807) is 25.1 Å². The van der Waals surface area contributed by atoms with E-state index >= 15 is 0 Å².